The zero-order valence-electron chi connectivity index (χ0n) is 10.9. The maximum Gasteiger partial charge on any atom is 0.336 e. The summed E-state index contributed by atoms with van der Waals surface area (Å²) in [7, 11) is 0. The van der Waals surface area contributed by atoms with Crippen molar-refractivity contribution in [2.75, 3.05) is 0 Å². The molecule has 0 aliphatic rings. The quantitative estimate of drug-likeness (QED) is 0.564. The van der Waals surface area contributed by atoms with Gasteiger partial charge in [0.05, 0.1) is 0 Å². The van der Waals surface area contributed by atoms with E-state index in [0.29, 0.717) is 0 Å². The molecule has 0 fully saturated rings. The monoisotopic (exact) mass is 258 g/mol. The zero-order valence-corrected chi connectivity index (χ0v) is 11.7. The minimum atomic E-state index is -0.270. The molecule has 0 aliphatic heterocycles. The number of hydrogen-bond acceptors (Lipinski definition) is 3. The molecule has 3 aromatic rings. The minimum Gasteiger partial charge on any atom is -0.422 e. The molecule has 18 heavy (non-hydrogen) atoms. The van der Waals surface area contributed by atoms with E-state index in [-0.39, 0.29) is 5.63 Å². The Balaban J connectivity index is 2.71. The van der Waals surface area contributed by atoms with Gasteiger partial charge in [0.15, 0.2) is 0 Å². The number of benzene rings is 1. The van der Waals surface area contributed by atoms with Gasteiger partial charge in [-0.05, 0) is 50.5 Å². The molecule has 0 spiro atoms. The van der Waals surface area contributed by atoms with Gasteiger partial charge in [0.2, 0.25) is 0 Å². The first-order valence-electron chi connectivity index (χ1n) is 5.93. The summed E-state index contributed by atoms with van der Waals surface area (Å²) >= 11 is 1.77. The van der Waals surface area contributed by atoms with E-state index in [9.17, 15) is 4.79 Å². The summed E-state index contributed by atoms with van der Waals surface area (Å²) in [6, 6.07) is 3.67. The third-order valence-corrected chi connectivity index (χ3v) is 4.88. The van der Waals surface area contributed by atoms with E-state index < -0.39 is 0 Å². The first kappa shape index (κ1) is 11.5. The lowest BCUT2D eigenvalue weighted by Crippen LogP contribution is -1.98. The summed E-state index contributed by atoms with van der Waals surface area (Å²) in [5, 5.41) is 2.15. The standard InChI is InChI=1S/C15H14O2S/c1-7-6-12(16)17-14-11(7)5-8(2)15-13(14)9(3)10(4)18-15/h5-6H,1-4H3. The third-order valence-electron chi connectivity index (χ3n) is 3.54. The topological polar surface area (TPSA) is 30.2 Å². The molecule has 0 aliphatic carbocycles. The van der Waals surface area contributed by atoms with Crippen molar-refractivity contribution in [3.8, 4) is 0 Å². The van der Waals surface area contributed by atoms with Crippen LogP contribution in [-0.2, 0) is 0 Å². The second kappa shape index (κ2) is 3.69. The fourth-order valence-electron chi connectivity index (χ4n) is 2.44. The fourth-order valence-corrected chi connectivity index (χ4v) is 3.57. The molecule has 92 valence electrons. The zero-order chi connectivity index (χ0) is 13.0. The molecule has 1 aromatic carbocycles. The average Bonchev–Trinajstić information content (AvgIpc) is 2.59. The van der Waals surface area contributed by atoms with Gasteiger partial charge in [-0.2, -0.15) is 0 Å². The van der Waals surface area contributed by atoms with Gasteiger partial charge < -0.3 is 4.42 Å². The Hall–Kier alpha value is -1.61. The molecular formula is C15H14O2S. The summed E-state index contributed by atoms with van der Waals surface area (Å²) in [5.41, 5.74) is 3.92. The molecule has 0 amide bonds. The van der Waals surface area contributed by atoms with Crippen molar-refractivity contribution in [3.63, 3.8) is 0 Å². The van der Waals surface area contributed by atoms with E-state index in [1.54, 1.807) is 17.4 Å². The molecule has 0 saturated heterocycles. The van der Waals surface area contributed by atoms with Crippen LogP contribution in [0.4, 0.5) is 0 Å². The van der Waals surface area contributed by atoms with Crippen molar-refractivity contribution in [2.24, 2.45) is 0 Å². The van der Waals surface area contributed by atoms with Crippen LogP contribution >= 0.6 is 11.3 Å². The van der Waals surface area contributed by atoms with E-state index in [2.05, 4.69) is 26.8 Å². The van der Waals surface area contributed by atoms with Crippen molar-refractivity contribution in [1.82, 2.24) is 0 Å². The van der Waals surface area contributed by atoms with Crippen molar-refractivity contribution in [2.45, 2.75) is 27.7 Å². The number of hydrogen-bond donors (Lipinski definition) is 0. The van der Waals surface area contributed by atoms with Crippen molar-refractivity contribution in [3.05, 3.63) is 44.1 Å². The Morgan fingerprint density at radius 1 is 1.06 bits per heavy atom. The van der Waals surface area contributed by atoms with Gasteiger partial charge in [-0.15, -0.1) is 11.3 Å². The molecule has 0 atom stereocenters. The second-order valence-corrected chi connectivity index (χ2v) is 6.03. The van der Waals surface area contributed by atoms with Gasteiger partial charge in [0, 0.05) is 26.4 Å². The van der Waals surface area contributed by atoms with Gasteiger partial charge >= 0.3 is 5.63 Å². The van der Waals surface area contributed by atoms with Crippen LogP contribution in [0.15, 0.2) is 21.3 Å². The Labute approximate surface area is 109 Å². The molecule has 0 bridgehead atoms. The van der Waals surface area contributed by atoms with Crippen molar-refractivity contribution >= 4 is 32.4 Å². The summed E-state index contributed by atoms with van der Waals surface area (Å²) in [6.07, 6.45) is 0. The van der Waals surface area contributed by atoms with Crippen LogP contribution in [0.25, 0.3) is 21.1 Å². The highest BCUT2D eigenvalue weighted by Crippen LogP contribution is 2.38. The maximum absolute atomic E-state index is 11.6. The molecule has 0 unspecified atom stereocenters. The number of thiophene rings is 1. The van der Waals surface area contributed by atoms with Gasteiger partial charge in [-0.25, -0.2) is 4.79 Å². The number of aryl methyl sites for hydroxylation is 4. The van der Waals surface area contributed by atoms with Crippen molar-refractivity contribution in [1.29, 1.82) is 0 Å². The summed E-state index contributed by atoms with van der Waals surface area (Å²) < 4.78 is 6.68. The van der Waals surface area contributed by atoms with Crippen LogP contribution in [0, 0.1) is 27.7 Å². The SMILES string of the molecule is Cc1sc2c(C)cc3c(C)cc(=O)oc3c2c1C. The van der Waals surface area contributed by atoms with E-state index in [4.69, 9.17) is 4.42 Å². The fraction of sp³-hybridized carbons (Fsp3) is 0.267. The first-order chi connectivity index (χ1) is 8.49. The minimum absolute atomic E-state index is 0.270. The molecule has 3 heteroatoms. The summed E-state index contributed by atoms with van der Waals surface area (Å²) in [5.74, 6) is 0. The molecule has 3 rings (SSSR count). The molecule has 2 aromatic heterocycles. The Morgan fingerprint density at radius 2 is 1.78 bits per heavy atom. The number of fused-ring (bicyclic) bond motifs is 3. The summed E-state index contributed by atoms with van der Waals surface area (Å²) in [6.45, 7) is 8.27. The predicted molar refractivity (Wildman–Crippen MR) is 76.8 cm³/mol. The lowest BCUT2D eigenvalue weighted by molar-refractivity contribution is 0.563. The largest absolute Gasteiger partial charge is 0.422 e. The third kappa shape index (κ3) is 1.44. The van der Waals surface area contributed by atoms with E-state index >= 15 is 0 Å². The molecule has 0 N–H and O–H groups in total. The van der Waals surface area contributed by atoms with Crippen molar-refractivity contribution < 1.29 is 4.42 Å². The molecular weight excluding hydrogens is 244 g/mol. The van der Waals surface area contributed by atoms with E-state index in [1.807, 2.05) is 6.92 Å². The normalized spacial score (nSPS) is 11.6. The van der Waals surface area contributed by atoms with Gasteiger partial charge in [-0.3, -0.25) is 0 Å². The van der Waals surface area contributed by atoms with E-state index in [0.717, 1.165) is 21.9 Å². The molecule has 2 nitrogen and oxygen atoms in total. The average molecular weight is 258 g/mol. The van der Waals surface area contributed by atoms with Gasteiger partial charge in [0.25, 0.3) is 0 Å². The first-order valence-corrected chi connectivity index (χ1v) is 6.74. The van der Waals surface area contributed by atoms with E-state index in [1.165, 1.54) is 20.7 Å². The number of rotatable bonds is 0. The van der Waals surface area contributed by atoms with Crippen LogP contribution in [0.5, 0.6) is 0 Å². The van der Waals surface area contributed by atoms with Crippen LogP contribution in [0.3, 0.4) is 0 Å². The molecule has 2 heterocycles. The predicted octanol–water partition coefficient (Wildman–Crippen LogP) is 4.24. The maximum atomic E-state index is 11.6. The van der Waals surface area contributed by atoms with Crippen LogP contribution in [0.2, 0.25) is 0 Å². The Kier molecular flexibility index (Phi) is 2.35. The highest BCUT2D eigenvalue weighted by molar-refractivity contribution is 7.19. The smallest absolute Gasteiger partial charge is 0.336 e. The lowest BCUT2D eigenvalue weighted by atomic mass is 10.0. The highest BCUT2D eigenvalue weighted by atomic mass is 32.1. The highest BCUT2D eigenvalue weighted by Gasteiger charge is 2.14. The molecule has 0 saturated carbocycles. The van der Waals surface area contributed by atoms with Crippen LogP contribution in [0.1, 0.15) is 21.6 Å². The lowest BCUT2D eigenvalue weighted by Gasteiger charge is -2.05. The second-order valence-electron chi connectivity index (χ2n) is 4.81. The van der Waals surface area contributed by atoms with Gasteiger partial charge in [0.1, 0.15) is 5.58 Å². The molecule has 0 radical (unpaired) electrons. The summed E-state index contributed by atoms with van der Waals surface area (Å²) in [4.78, 5) is 12.9. The van der Waals surface area contributed by atoms with Crippen LogP contribution < -0.4 is 5.63 Å². The van der Waals surface area contributed by atoms with Gasteiger partial charge in [-0.1, -0.05) is 0 Å². The Bertz CT molecular complexity index is 837. The van der Waals surface area contributed by atoms with Crippen LogP contribution in [-0.4, -0.2) is 0 Å². The Morgan fingerprint density at radius 3 is 2.50 bits per heavy atom.